The average molecular weight is 410 g/mol. The number of carbonyl (C=O) groups excluding carboxylic acids is 1. The Bertz CT molecular complexity index is 1140. The van der Waals surface area contributed by atoms with Gasteiger partial charge in [0.1, 0.15) is 17.3 Å². The van der Waals surface area contributed by atoms with E-state index in [9.17, 15) is 25.0 Å². The second-order valence-electron chi connectivity index (χ2n) is 5.85. The first-order chi connectivity index (χ1) is 14.4. The summed E-state index contributed by atoms with van der Waals surface area (Å²) in [7, 11) is 1.41. The highest BCUT2D eigenvalue weighted by Crippen LogP contribution is 2.33. The summed E-state index contributed by atoms with van der Waals surface area (Å²) in [5, 5.41) is 25.7. The first-order valence-electron chi connectivity index (χ1n) is 8.39. The molecule has 11 heteroatoms. The molecule has 11 nitrogen and oxygen atoms in total. The Labute approximate surface area is 168 Å². The molecule has 3 aromatic rings. The maximum atomic E-state index is 12.0. The summed E-state index contributed by atoms with van der Waals surface area (Å²) in [5.41, 5.74) is 2.40. The standard InChI is InChI=1S/C19H14N4O7/c1-29-14-6-8-16(17(10-14)23(27)28)18-9-7-15(30-18)11-20-21-19(24)12-2-4-13(5-3-12)22(25)26/h2-11H,1H3,(H,21,24)/b20-11-. The van der Waals surface area contributed by atoms with E-state index in [0.29, 0.717) is 5.75 Å². The molecule has 1 N–H and O–H groups in total. The number of hydrazone groups is 1. The largest absolute Gasteiger partial charge is 0.497 e. The maximum Gasteiger partial charge on any atom is 0.284 e. The fourth-order valence-corrected chi connectivity index (χ4v) is 2.52. The minimum atomic E-state index is -0.571. The number of nitro benzene ring substituents is 2. The van der Waals surface area contributed by atoms with Crippen LogP contribution in [-0.4, -0.2) is 29.1 Å². The predicted molar refractivity (Wildman–Crippen MR) is 106 cm³/mol. The zero-order valence-corrected chi connectivity index (χ0v) is 15.5. The van der Waals surface area contributed by atoms with E-state index in [1.807, 2.05) is 0 Å². The van der Waals surface area contributed by atoms with Gasteiger partial charge in [0.15, 0.2) is 0 Å². The van der Waals surface area contributed by atoms with Gasteiger partial charge in [0.2, 0.25) is 0 Å². The molecule has 2 aromatic carbocycles. The van der Waals surface area contributed by atoms with Crippen molar-refractivity contribution in [1.29, 1.82) is 0 Å². The van der Waals surface area contributed by atoms with Crippen LogP contribution in [0.3, 0.4) is 0 Å². The summed E-state index contributed by atoms with van der Waals surface area (Å²) in [6, 6.07) is 12.5. The molecule has 1 amide bonds. The third kappa shape index (κ3) is 4.47. The number of methoxy groups -OCH3 is 1. The van der Waals surface area contributed by atoms with Gasteiger partial charge in [-0.1, -0.05) is 0 Å². The van der Waals surface area contributed by atoms with Gasteiger partial charge in [0.25, 0.3) is 17.3 Å². The molecular formula is C19H14N4O7. The molecule has 0 radical (unpaired) electrons. The molecule has 0 atom stereocenters. The molecule has 30 heavy (non-hydrogen) atoms. The highest BCUT2D eigenvalue weighted by molar-refractivity contribution is 5.95. The van der Waals surface area contributed by atoms with Crippen molar-refractivity contribution in [1.82, 2.24) is 5.43 Å². The van der Waals surface area contributed by atoms with E-state index < -0.39 is 15.8 Å². The van der Waals surface area contributed by atoms with Gasteiger partial charge < -0.3 is 9.15 Å². The van der Waals surface area contributed by atoms with Crippen LogP contribution in [0, 0.1) is 20.2 Å². The Morgan fingerprint density at radius 3 is 2.43 bits per heavy atom. The third-order valence-corrected chi connectivity index (χ3v) is 3.99. The number of nitrogens with one attached hydrogen (secondary N) is 1. The molecule has 3 rings (SSSR count). The first-order valence-corrected chi connectivity index (χ1v) is 8.39. The summed E-state index contributed by atoms with van der Waals surface area (Å²) in [5.74, 6) is 0.262. The van der Waals surface area contributed by atoms with Gasteiger partial charge >= 0.3 is 0 Å². The van der Waals surface area contributed by atoms with E-state index in [1.165, 1.54) is 61.9 Å². The van der Waals surface area contributed by atoms with Crippen molar-refractivity contribution in [3.05, 3.63) is 86.1 Å². The fraction of sp³-hybridized carbons (Fsp3) is 0.0526. The molecule has 0 spiro atoms. The molecule has 0 bridgehead atoms. The Morgan fingerprint density at radius 2 is 1.80 bits per heavy atom. The quantitative estimate of drug-likeness (QED) is 0.355. The monoisotopic (exact) mass is 410 g/mol. The van der Waals surface area contributed by atoms with Crippen LogP contribution in [0.25, 0.3) is 11.3 Å². The SMILES string of the molecule is COc1ccc(-c2ccc(/C=N\NC(=O)c3ccc([N+](=O)[O-])cc3)o2)c([N+](=O)[O-])c1. The van der Waals surface area contributed by atoms with Crippen LogP contribution in [-0.2, 0) is 0 Å². The van der Waals surface area contributed by atoms with Crippen LogP contribution < -0.4 is 10.2 Å². The van der Waals surface area contributed by atoms with E-state index >= 15 is 0 Å². The number of carbonyl (C=O) groups is 1. The fourth-order valence-electron chi connectivity index (χ4n) is 2.52. The summed E-state index contributed by atoms with van der Waals surface area (Å²) < 4.78 is 10.5. The van der Waals surface area contributed by atoms with E-state index in [1.54, 1.807) is 6.07 Å². The highest BCUT2D eigenvalue weighted by atomic mass is 16.6. The molecule has 152 valence electrons. The van der Waals surface area contributed by atoms with Crippen molar-refractivity contribution < 1.29 is 23.8 Å². The molecular weight excluding hydrogens is 396 g/mol. The van der Waals surface area contributed by atoms with Gasteiger partial charge in [-0.05, 0) is 36.4 Å². The van der Waals surface area contributed by atoms with Crippen molar-refractivity contribution in [2.45, 2.75) is 0 Å². The third-order valence-electron chi connectivity index (χ3n) is 3.99. The molecule has 1 aromatic heterocycles. The lowest BCUT2D eigenvalue weighted by Gasteiger charge is -2.03. The summed E-state index contributed by atoms with van der Waals surface area (Å²) in [4.78, 5) is 32.8. The van der Waals surface area contributed by atoms with Crippen molar-refractivity contribution in [2.75, 3.05) is 7.11 Å². The Balaban J connectivity index is 1.71. The number of rotatable bonds is 7. The van der Waals surface area contributed by atoms with Crippen LogP contribution in [0.4, 0.5) is 11.4 Å². The number of nitrogens with zero attached hydrogens (tertiary/aromatic N) is 3. The predicted octanol–water partition coefficient (Wildman–Crippen LogP) is 3.54. The van der Waals surface area contributed by atoms with Gasteiger partial charge in [-0.15, -0.1) is 0 Å². The van der Waals surface area contributed by atoms with Gasteiger partial charge in [-0.3, -0.25) is 25.0 Å². The Hall–Kier alpha value is -4.54. The molecule has 0 fully saturated rings. The van der Waals surface area contributed by atoms with Gasteiger partial charge in [-0.25, -0.2) is 5.43 Å². The Morgan fingerprint density at radius 1 is 1.07 bits per heavy atom. The van der Waals surface area contributed by atoms with E-state index in [2.05, 4.69) is 10.5 Å². The number of benzene rings is 2. The van der Waals surface area contributed by atoms with E-state index in [-0.39, 0.29) is 34.0 Å². The number of amides is 1. The molecule has 0 aliphatic rings. The first kappa shape index (κ1) is 20.2. The number of furan rings is 1. The van der Waals surface area contributed by atoms with Crippen LogP contribution >= 0.6 is 0 Å². The lowest BCUT2D eigenvalue weighted by molar-refractivity contribution is -0.384. The highest BCUT2D eigenvalue weighted by Gasteiger charge is 2.19. The van der Waals surface area contributed by atoms with Gasteiger partial charge in [-0.2, -0.15) is 5.10 Å². The van der Waals surface area contributed by atoms with Crippen LogP contribution in [0.15, 0.2) is 64.1 Å². The number of nitro groups is 2. The number of ether oxygens (including phenoxy) is 1. The number of hydrogen-bond acceptors (Lipinski definition) is 8. The van der Waals surface area contributed by atoms with Crippen molar-refractivity contribution in [3.8, 4) is 17.1 Å². The normalized spacial score (nSPS) is 10.7. The molecule has 1 heterocycles. The number of non-ortho nitro benzene ring substituents is 1. The van der Waals surface area contributed by atoms with Crippen LogP contribution in [0.2, 0.25) is 0 Å². The lowest BCUT2D eigenvalue weighted by atomic mass is 10.1. The van der Waals surface area contributed by atoms with E-state index in [0.717, 1.165) is 0 Å². The second-order valence-corrected chi connectivity index (χ2v) is 5.85. The summed E-state index contributed by atoms with van der Waals surface area (Å²) >= 11 is 0. The zero-order chi connectivity index (χ0) is 21.7. The number of hydrogen-bond donors (Lipinski definition) is 1. The van der Waals surface area contributed by atoms with Crippen LogP contribution in [0.5, 0.6) is 5.75 Å². The molecule has 0 unspecified atom stereocenters. The zero-order valence-electron chi connectivity index (χ0n) is 15.5. The average Bonchev–Trinajstić information content (AvgIpc) is 3.21. The van der Waals surface area contributed by atoms with Crippen molar-refractivity contribution in [2.24, 2.45) is 5.10 Å². The molecule has 0 saturated heterocycles. The summed E-state index contributed by atoms with van der Waals surface area (Å²) in [6.07, 6.45) is 1.22. The minimum absolute atomic E-state index is 0.134. The lowest BCUT2D eigenvalue weighted by Crippen LogP contribution is -2.17. The summed E-state index contributed by atoms with van der Waals surface area (Å²) in [6.45, 7) is 0. The van der Waals surface area contributed by atoms with Crippen molar-refractivity contribution >= 4 is 23.5 Å². The Kier molecular flexibility index (Phi) is 5.82. The maximum absolute atomic E-state index is 12.0. The second kappa shape index (κ2) is 8.65. The van der Waals surface area contributed by atoms with E-state index in [4.69, 9.17) is 9.15 Å². The minimum Gasteiger partial charge on any atom is -0.497 e. The molecule has 0 aliphatic carbocycles. The van der Waals surface area contributed by atoms with Crippen LogP contribution in [0.1, 0.15) is 16.1 Å². The molecule has 0 aliphatic heterocycles. The van der Waals surface area contributed by atoms with Gasteiger partial charge in [0, 0.05) is 17.7 Å². The van der Waals surface area contributed by atoms with Gasteiger partial charge in [0.05, 0.1) is 34.8 Å². The topological polar surface area (TPSA) is 150 Å². The smallest absolute Gasteiger partial charge is 0.284 e. The van der Waals surface area contributed by atoms with Crippen molar-refractivity contribution in [3.63, 3.8) is 0 Å². The molecule has 0 saturated carbocycles.